The van der Waals surface area contributed by atoms with Gasteiger partial charge in [-0.15, -0.1) is 0 Å². The third-order valence-electron chi connectivity index (χ3n) is 3.12. The van der Waals surface area contributed by atoms with Gasteiger partial charge in [-0.2, -0.15) is 0 Å². The van der Waals surface area contributed by atoms with Crippen LogP contribution in [0.1, 0.15) is 46.5 Å². The zero-order valence-corrected chi connectivity index (χ0v) is 15.0. The second-order valence-electron chi connectivity index (χ2n) is 5.46. The Morgan fingerprint density at radius 2 is 1.45 bits per heavy atom. The molecule has 2 nitrogen and oxygen atoms in total. The first-order valence-electron chi connectivity index (χ1n) is 8.61. The number of allylic oxidation sites excluding steroid dienone is 7. The molecule has 3 heteroatoms. The fourth-order valence-corrected chi connectivity index (χ4v) is 2.09. The van der Waals surface area contributed by atoms with E-state index in [1.165, 1.54) is 12.8 Å². The zero-order valence-electron chi connectivity index (χ0n) is 15.0. The molecule has 0 rings (SSSR count). The Bertz CT molecular complexity index is 345. The van der Waals surface area contributed by atoms with E-state index < -0.39 is 0 Å². The summed E-state index contributed by atoms with van der Waals surface area (Å²) < 4.78 is 0. The van der Waals surface area contributed by atoms with Crippen LogP contribution >= 0.6 is 0 Å². The average Bonchev–Trinajstić information content (AvgIpc) is 2.49. The van der Waals surface area contributed by atoms with Crippen LogP contribution in [0.15, 0.2) is 48.6 Å². The van der Waals surface area contributed by atoms with Gasteiger partial charge in [0.25, 0.3) is 0 Å². The average molecular weight is 301 g/mol. The molecular weight excluding hydrogens is 267 g/mol. The van der Waals surface area contributed by atoms with E-state index in [0.717, 1.165) is 32.5 Å². The minimum atomic E-state index is 0.976. The van der Waals surface area contributed by atoms with E-state index in [2.05, 4.69) is 93.6 Å². The molecule has 22 heavy (non-hydrogen) atoms. The fourth-order valence-electron chi connectivity index (χ4n) is 2.09. The van der Waals surface area contributed by atoms with Crippen LogP contribution in [-0.2, 0) is 0 Å². The van der Waals surface area contributed by atoms with E-state index in [4.69, 9.17) is 0 Å². The van der Waals surface area contributed by atoms with Crippen molar-refractivity contribution < 1.29 is 0 Å². The lowest BCUT2D eigenvalue weighted by atomic mass is 10.0. The Kier molecular flexibility index (Phi) is 15.5. The first-order chi connectivity index (χ1) is 10.7. The van der Waals surface area contributed by atoms with Crippen molar-refractivity contribution in [3.05, 3.63) is 48.6 Å². The van der Waals surface area contributed by atoms with Crippen LogP contribution in [0.3, 0.4) is 0 Å². The van der Waals surface area contributed by atoms with E-state index in [9.17, 15) is 0 Å². The summed E-state index contributed by atoms with van der Waals surface area (Å²) in [4.78, 5) is 4.64. The van der Waals surface area contributed by atoms with Crippen LogP contribution < -0.4 is 0 Å². The molecule has 0 aliphatic heterocycles. The van der Waals surface area contributed by atoms with Crippen LogP contribution in [0, 0.1) is 0 Å². The van der Waals surface area contributed by atoms with Gasteiger partial charge >= 0.3 is 7.55 Å². The third kappa shape index (κ3) is 13.9. The largest absolute Gasteiger partial charge is 0.335 e. The van der Waals surface area contributed by atoms with Gasteiger partial charge in [0.15, 0.2) is 0 Å². The first-order valence-corrected chi connectivity index (χ1v) is 8.61. The summed E-state index contributed by atoms with van der Waals surface area (Å²) >= 11 is 0. The van der Waals surface area contributed by atoms with Gasteiger partial charge in [-0.1, -0.05) is 62.5 Å². The SMILES string of the molecule is C/C=C\C/C=C\C/C=C\C=C/CN([B]N(C)CCC)CCC. The second-order valence-corrected chi connectivity index (χ2v) is 5.46. The number of rotatable bonds is 13. The molecule has 1 radical (unpaired) electrons. The Labute approximate surface area is 139 Å². The molecule has 0 aromatic carbocycles. The van der Waals surface area contributed by atoms with Crippen LogP contribution in [0.25, 0.3) is 0 Å². The van der Waals surface area contributed by atoms with E-state index >= 15 is 0 Å². The minimum absolute atomic E-state index is 0.976. The first kappa shape index (κ1) is 20.9. The molecule has 0 heterocycles. The van der Waals surface area contributed by atoms with Crippen molar-refractivity contribution in [2.45, 2.75) is 46.5 Å². The molecule has 0 atom stereocenters. The quantitative estimate of drug-likeness (QED) is 0.279. The van der Waals surface area contributed by atoms with Crippen molar-refractivity contribution in [3.63, 3.8) is 0 Å². The predicted molar refractivity (Wildman–Crippen MR) is 102 cm³/mol. The lowest BCUT2D eigenvalue weighted by Gasteiger charge is -2.24. The number of hydrogen-bond donors (Lipinski definition) is 0. The Morgan fingerprint density at radius 1 is 0.818 bits per heavy atom. The lowest BCUT2D eigenvalue weighted by Crippen LogP contribution is -2.40. The van der Waals surface area contributed by atoms with Gasteiger partial charge < -0.3 is 9.62 Å². The molecule has 0 unspecified atom stereocenters. The van der Waals surface area contributed by atoms with Gasteiger partial charge in [-0.3, -0.25) is 0 Å². The lowest BCUT2D eigenvalue weighted by molar-refractivity contribution is 0.415. The van der Waals surface area contributed by atoms with Crippen LogP contribution in [0.2, 0.25) is 0 Å². The summed E-state index contributed by atoms with van der Waals surface area (Å²) in [5.41, 5.74) is 0. The Balaban J connectivity index is 3.95. The van der Waals surface area contributed by atoms with Gasteiger partial charge in [-0.25, -0.2) is 0 Å². The molecule has 123 valence electrons. The van der Waals surface area contributed by atoms with Crippen molar-refractivity contribution in [3.8, 4) is 0 Å². The molecule has 0 aliphatic rings. The van der Waals surface area contributed by atoms with Gasteiger partial charge in [0, 0.05) is 6.54 Å². The second kappa shape index (κ2) is 16.3. The highest BCUT2D eigenvalue weighted by Crippen LogP contribution is 1.95. The van der Waals surface area contributed by atoms with Crippen molar-refractivity contribution in [2.24, 2.45) is 0 Å². The minimum Gasteiger partial charge on any atom is -0.335 e. The third-order valence-corrected chi connectivity index (χ3v) is 3.12. The fraction of sp³-hybridized carbons (Fsp3) is 0.579. The molecule has 0 N–H and O–H groups in total. The number of hydrogen-bond acceptors (Lipinski definition) is 2. The molecule has 0 aliphatic carbocycles. The standard InChI is InChI=1S/C19H34BN2/c1-5-8-9-10-11-12-13-14-15-16-19-22(18-7-3)20-21(4)17-6-2/h5,8,10-11,13-16H,6-7,9,12,17-19H2,1-4H3/b8-5-,11-10-,14-13-,16-15-. The summed E-state index contributed by atoms with van der Waals surface area (Å²) in [7, 11) is 4.39. The molecule has 0 amide bonds. The summed E-state index contributed by atoms with van der Waals surface area (Å²) in [6, 6.07) is 0. The predicted octanol–water partition coefficient (Wildman–Crippen LogP) is 4.60. The molecule has 0 aromatic rings. The summed E-state index contributed by atoms with van der Waals surface area (Å²) in [6.45, 7) is 9.69. The Morgan fingerprint density at radius 3 is 2.09 bits per heavy atom. The smallest absolute Gasteiger partial charge is 0.313 e. The molecule has 0 aromatic heterocycles. The molecule has 0 fully saturated rings. The van der Waals surface area contributed by atoms with Gasteiger partial charge in [0.2, 0.25) is 0 Å². The van der Waals surface area contributed by atoms with Gasteiger partial charge in [-0.05, 0) is 52.7 Å². The summed E-state index contributed by atoms with van der Waals surface area (Å²) in [5, 5.41) is 0. The van der Waals surface area contributed by atoms with Gasteiger partial charge in [0.05, 0.1) is 0 Å². The maximum absolute atomic E-state index is 2.37. The molecular formula is C19H34BN2. The molecule has 0 spiro atoms. The highest BCUT2D eigenvalue weighted by molar-refractivity contribution is 6.28. The topological polar surface area (TPSA) is 6.48 Å². The Hall–Kier alpha value is -1.06. The van der Waals surface area contributed by atoms with Crippen molar-refractivity contribution in [1.82, 2.24) is 9.62 Å². The monoisotopic (exact) mass is 301 g/mol. The molecule has 0 saturated heterocycles. The van der Waals surface area contributed by atoms with Crippen molar-refractivity contribution >= 4 is 7.55 Å². The van der Waals surface area contributed by atoms with Crippen molar-refractivity contribution in [2.75, 3.05) is 26.7 Å². The number of nitrogens with zero attached hydrogens (tertiary/aromatic N) is 2. The normalized spacial score (nSPS) is 13.0. The maximum Gasteiger partial charge on any atom is 0.313 e. The molecule has 0 bridgehead atoms. The highest BCUT2D eigenvalue weighted by atomic mass is 15.2. The van der Waals surface area contributed by atoms with Crippen molar-refractivity contribution in [1.29, 1.82) is 0 Å². The summed E-state index contributed by atoms with van der Waals surface area (Å²) in [6.07, 6.45) is 21.8. The van der Waals surface area contributed by atoms with Crippen LogP contribution in [0.4, 0.5) is 0 Å². The zero-order chi connectivity index (χ0) is 16.5. The summed E-state index contributed by atoms with van der Waals surface area (Å²) in [5.74, 6) is 0. The van der Waals surface area contributed by atoms with E-state index in [1.54, 1.807) is 0 Å². The van der Waals surface area contributed by atoms with Gasteiger partial charge in [0.1, 0.15) is 0 Å². The maximum atomic E-state index is 2.37. The van der Waals surface area contributed by atoms with E-state index in [-0.39, 0.29) is 0 Å². The highest BCUT2D eigenvalue weighted by Gasteiger charge is 2.07. The van der Waals surface area contributed by atoms with Crippen LogP contribution in [0.5, 0.6) is 0 Å². The molecule has 0 saturated carbocycles. The van der Waals surface area contributed by atoms with E-state index in [1.807, 2.05) is 0 Å². The van der Waals surface area contributed by atoms with Crippen LogP contribution in [-0.4, -0.2) is 43.9 Å². The van der Waals surface area contributed by atoms with E-state index in [0.29, 0.717) is 0 Å².